The molecule has 0 saturated heterocycles. The highest BCUT2D eigenvalue weighted by molar-refractivity contribution is 6.73. The van der Waals surface area contributed by atoms with E-state index in [9.17, 15) is 0 Å². The van der Waals surface area contributed by atoms with Crippen LogP contribution in [0.4, 0.5) is 45.5 Å². The summed E-state index contributed by atoms with van der Waals surface area (Å²) >= 11 is 0. The Kier molecular flexibility index (Phi) is 13.0. The molecule has 0 fully saturated rings. The van der Waals surface area contributed by atoms with E-state index in [2.05, 4.69) is 352 Å². The first-order valence-corrected chi connectivity index (χ1v) is 29.4. The average Bonchev–Trinajstić information content (AvgIpc) is 1.74. The van der Waals surface area contributed by atoms with Gasteiger partial charge in [-0.3, -0.25) is 0 Å². The molecule has 0 saturated carbocycles. The van der Waals surface area contributed by atoms with Crippen molar-refractivity contribution >= 4 is 63.7 Å². The summed E-state index contributed by atoms with van der Waals surface area (Å²) in [7, 11) is 2.48. The number of nitrogens with one attached hydrogen (secondary N) is 1. The summed E-state index contributed by atoms with van der Waals surface area (Å²) in [6.45, 7) is 4.81. The van der Waals surface area contributed by atoms with Crippen molar-refractivity contribution < 1.29 is 0 Å². The van der Waals surface area contributed by atoms with Crippen LogP contribution in [0.2, 0.25) is 0 Å². The molecular formula is C81H59BN3. The Bertz CT molecular complexity index is 4460. The van der Waals surface area contributed by atoms with Crippen molar-refractivity contribution in [2.45, 2.75) is 19.3 Å². The van der Waals surface area contributed by atoms with Crippen LogP contribution in [0, 0.1) is 0 Å². The minimum absolute atomic E-state index is 0.332. The number of nitrogens with zero attached hydrogens (tertiary/aromatic N) is 2. The Balaban J connectivity index is 0.989. The van der Waals surface area contributed by atoms with E-state index < -0.39 is 0 Å². The van der Waals surface area contributed by atoms with Gasteiger partial charge < -0.3 is 15.1 Å². The van der Waals surface area contributed by atoms with Gasteiger partial charge in [0.2, 0.25) is 0 Å². The molecular weight excluding hydrogens is 1030 g/mol. The molecule has 0 unspecified atom stereocenters. The van der Waals surface area contributed by atoms with E-state index in [-0.39, 0.29) is 5.41 Å². The minimum Gasteiger partial charge on any atom is -0.355 e. The maximum atomic E-state index is 4.06. The van der Waals surface area contributed by atoms with Crippen molar-refractivity contribution in [3.63, 3.8) is 0 Å². The van der Waals surface area contributed by atoms with Crippen LogP contribution in [0.15, 0.2) is 315 Å². The van der Waals surface area contributed by atoms with E-state index >= 15 is 0 Å². The average molecular weight is 1090 g/mol. The summed E-state index contributed by atoms with van der Waals surface area (Å²) in [5.74, 6) is 0. The molecule has 0 amide bonds. The van der Waals surface area contributed by atoms with Crippen molar-refractivity contribution in [3.05, 3.63) is 327 Å². The zero-order valence-electron chi connectivity index (χ0n) is 47.5. The lowest BCUT2D eigenvalue weighted by atomic mass is 9.56. The summed E-state index contributed by atoms with van der Waals surface area (Å²) in [5, 5.41) is 4.06. The summed E-state index contributed by atoms with van der Waals surface area (Å²) < 4.78 is 0. The highest BCUT2D eigenvalue weighted by atomic mass is 15.2. The van der Waals surface area contributed by atoms with E-state index in [0.717, 1.165) is 62.0 Å². The molecule has 13 aromatic carbocycles. The van der Waals surface area contributed by atoms with Gasteiger partial charge in [-0.1, -0.05) is 256 Å². The summed E-state index contributed by atoms with van der Waals surface area (Å²) in [4.78, 5) is 4.94. The summed E-state index contributed by atoms with van der Waals surface area (Å²) in [6, 6.07) is 115. The zero-order chi connectivity index (χ0) is 56.8. The topological polar surface area (TPSA) is 18.5 Å². The number of anilines is 8. The van der Waals surface area contributed by atoms with Gasteiger partial charge in [0.05, 0.1) is 0 Å². The maximum Gasteiger partial charge on any atom is 0.197 e. The Morgan fingerprint density at radius 2 is 0.753 bits per heavy atom. The highest BCUT2D eigenvalue weighted by Crippen LogP contribution is 2.56. The molecule has 0 bridgehead atoms. The molecule has 1 aliphatic heterocycles. The van der Waals surface area contributed by atoms with E-state index in [1.807, 2.05) is 0 Å². The van der Waals surface area contributed by atoms with Crippen LogP contribution in [0.1, 0.15) is 25.0 Å². The Hall–Kier alpha value is -10.7. The molecule has 2 aliphatic rings. The Labute approximate surface area is 499 Å². The van der Waals surface area contributed by atoms with Crippen LogP contribution in [-0.2, 0) is 5.41 Å². The number of benzene rings is 13. The zero-order valence-corrected chi connectivity index (χ0v) is 47.5. The Morgan fingerprint density at radius 1 is 0.329 bits per heavy atom. The predicted octanol–water partition coefficient (Wildman–Crippen LogP) is 20.6. The monoisotopic (exact) mass is 1080 g/mol. The smallest absolute Gasteiger partial charge is 0.197 e. The van der Waals surface area contributed by atoms with Gasteiger partial charge in [-0.2, -0.15) is 0 Å². The molecule has 85 heavy (non-hydrogen) atoms. The molecule has 13 aromatic rings. The standard InChI is InChI=1S/C81H59BN3/c1-81(2)72-31-19-18-30-70(72)78-73(81)54-77-80(82-74-52-64(59-28-16-7-17-29-59)40-51-76(74)85(77)68-47-38-63(39-48-68)58-26-14-6-15-27-58)79(78)71-53-69(49-50-75(71)83-65-41-32-60(33-42-65)55-20-8-3-9-21-55)84(66-43-34-61(35-44-66)56-22-10-4-11-23-56)67-45-36-62(37-46-67)57-24-12-5-13-25-57/h3-54,83H,1-2H3. The molecule has 0 atom stereocenters. The van der Waals surface area contributed by atoms with Gasteiger partial charge in [0.25, 0.3) is 0 Å². The van der Waals surface area contributed by atoms with Gasteiger partial charge in [0.1, 0.15) is 0 Å². The number of hydrogen-bond acceptors (Lipinski definition) is 3. The van der Waals surface area contributed by atoms with Gasteiger partial charge >= 0.3 is 0 Å². The maximum absolute atomic E-state index is 4.06. The third kappa shape index (κ3) is 9.48. The van der Waals surface area contributed by atoms with Crippen LogP contribution >= 0.6 is 0 Å². The van der Waals surface area contributed by atoms with Crippen molar-refractivity contribution in [1.82, 2.24) is 0 Å². The van der Waals surface area contributed by atoms with E-state index in [4.69, 9.17) is 0 Å². The van der Waals surface area contributed by atoms with Gasteiger partial charge in [-0.15, -0.1) is 0 Å². The van der Waals surface area contributed by atoms with E-state index in [1.165, 1.54) is 83.5 Å². The molecule has 4 heteroatoms. The molecule has 3 nitrogen and oxygen atoms in total. The van der Waals surface area contributed by atoms with Crippen LogP contribution in [0.5, 0.6) is 0 Å². The third-order valence-electron chi connectivity index (χ3n) is 17.3. The first kappa shape index (κ1) is 51.2. The molecule has 1 heterocycles. The fourth-order valence-corrected chi connectivity index (χ4v) is 13.0. The molecule has 1 aliphatic carbocycles. The van der Waals surface area contributed by atoms with Crippen LogP contribution in [-0.4, -0.2) is 7.28 Å². The SMILES string of the molecule is CC1(C)c2ccccc2-c2c1cc1c(c2-c2cc(N(c3ccc(-c4ccccc4)cc3)c3ccc(-c4ccccc4)cc3)ccc2Nc2ccc(-c3ccccc3)cc2)[B]c2cc(-c3ccccc3)ccc2N1c1ccc(-c2ccccc2)cc1. The fraction of sp³-hybridized carbons (Fsp3) is 0.0370. The van der Waals surface area contributed by atoms with Gasteiger partial charge in [-0.05, 0) is 168 Å². The van der Waals surface area contributed by atoms with Crippen molar-refractivity contribution in [1.29, 1.82) is 0 Å². The summed E-state index contributed by atoms with van der Waals surface area (Å²) in [6.07, 6.45) is 0. The molecule has 0 aromatic heterocycles. The quantitative estimate of drug-likeness (QED) is 0.123. The predicted molar refractivity (Wildman–Crippen MR) is 361 cm³/mol. The van der Waals surface area contributed by atoms with E-state index in [1.54, 1.807) is 0 Å². The number of fused-ring (bicyclic) bond motifs is 5. The molecule has 15 rings (SSSR count). The first-order valence-electron chi connectivity index (χ1n) is 29.4. The number of hydrogen-bond donors (Lipinski definition) is 1. The van der Waals surface area contributed by atoms with Crippen molar-refractivity contribution in [3.8, 4) is 77.9 Å². The second-order valence-electron chi connectivity index (χ2n) is 22.8. The molecule has 0 spiro atoms. The van der Waals surface area contributed by atoms with Crippen LogP contribution in [0.3, 0.4) is 0 Å². The lowest BCUT2D eigenvalue weighted by Gasteiger charge is -2.37. The second kappa shape index (κ2) is 21.6. The van der Waals surface area contributed by atoms with Crippen LogP contribution in [0.25, 0.3) is 77.9 Å². The largest absolute Gasteiger partial charge is 0.355 e. The molecule has 1 radical (unpaired) electrons. The van der Waals surface area contributed by atoms with Crippen molar-refractivity contribution in [2.75, 3.05) is 15.1 Å². The molecule has 401 valence electrons. The van der Waals surface area contributed by atoms with Crippen LogP contribution < -0.4 is 26.0 Å². The third-order valence-corrected chi connectivity index (χ3v) is 17.3. The lowest BCUT2D eigenvalue weighted by molar-refractivity contribution is 0.660. The highest BCUT2D eigenvalue weighted by Gasteiger charge is 2.41. The van der Waals surface area contributed by atoms with Gasteiger partial charge in [-0.25, -0.2) is 0 Å². The van der Waals surface area contributed by atoms with Gasteiger partial charge in [0.15, 0.2) is 7.28 Å². The van der Waals surface area contributed by atoms with Gasteiger partial charge in [0, 0.05) is 56.5 Å². The Morgan fingerprint density at radius 3 is 1.27 bits per heavy atom. The fourth-order valence-electron chi connectivity index (χ4n) is 13.0. The number of rotatable bonds is 12. The minimum atomic E-state index is -0.332. The lowest BCUT2D eigenvalue weighted by Crippen LogP contribution is -2.41. The second-order valence-corrected chi connectivity index (χ2v) is 22.8. The first-order chi connectivity index (χ1) is 41.9. The molecule has 1 N–H and O–H groups in total. The normalized spacial score (nSPS) is 12.5. The van der Waals surface area contributed by atoms with E-state index in [0.29, 0.717) is 0 Å². The van der Waals surface area contributed by atoms with Crippen molar-refractivity contribution in [2.24, 2.45) is 0 Å². The summed E-state index contributed by atoms with van der Waals surface area (Å²) in [5.41, 5.74) is 29.6.